The molecule has 2 aromatic carbocycles. The summed E-state index contributed by atoms with van der Waals surface area (Å²) in [4.78, 5) is 16.2. The summed E-state index contributed by atoms with van der Waals surface area (Å²) in [6.07, 6.45) is -0.235. The van der Waals surface area contributed by atoms with E-state index in [4.69, 9.17) is 14.2 Å². The number of aliphatic hydroxyl groups is 1. The summed E-state index contributed by atoms with van der Waals surface area (Å²) in [5.74, 6) is 2.81. The number of aliphatic hydroxyl groups excluding tert-OH is 1. The van der Waals surface area contributed by atoms with E-state index in [2.05, 4.69) is 20.7 Å². The molecular formula is C25H29N5O6. The molecule has 11 heteroatoms. The van der Waals surface area contributed by atoms with Crippen LogP contribution < -0.4 is 24.8 Å². The molecule has 0 aliphatic carbocycles. The Balaban J connectivity index is 1.21. The summed E-state index contributed by atoms with van der Waals surface area (Å²) in [5.41, 5.74) is 1.27. The predicted octanol–water partition coefficient (Wildman–Crippen LogP) is 2.51. The number of aryl methyl sites for hydroxylation is 2. The summed E-state index contributed by atoms with van der Waals surface area (Å²) in [6, 6.07) is 8.50. The van der Waals surface area contributed by atoms with Gasteiger partial charge in [0.15, 0.2) is 23.9 Å². The van der Waals surface area contributed by atoms with Crippen molar-refractivity contribution in [1.82, 2.24) is 20.1 Å². The second kappa shape index (κ2) is 9.32. The van der Waals surface area contributed by atoms with Crippen LogP contribution in [0.4, 0.5) is 5.69 Å². The second-order valence-corrected chi connectivity index (χ2v) is 9.55. The van der Waals surface area contributed by atoms with Crippen molar-refractivity contribution < 1.29 is 29.2 Å². The number of carbonyl (C=O) groups excluding carboxylic acids is 1. The van der Waals surface area contributed by atoms with E-state index in [1.165, 1.54) is 12.1 Å². The molecule has 1 amide bonds. The van der Waals surface area contributed by atoms with Crippen molar-refractivity contribution >= 4 is 11.6 Å². The first-order valence-electron chi connectivity index (χ1n) is 11.7. The molecule has 5 rings (SSSR count). The van der Waals surface area contributed by atoms with Crippen LogP contribution in [0.25, 0.3) is 11.4 Å². The number of amides is 1. The molecule has 3 heterocycles. The molecule has 2 aliphatic rings. The first-order valence-corrected chi connectivity index (χ1v) is 11.7. The van der Waals surface area contributed by atoms with Crippen LogP contribution in [0, 0.1) is 6.92 Å². The van der Waals surface area contributed by atoms with E-state index in [0.717, 1.165) is 17.8 Å². The van der Waals surface area contributed by atoms with E-state index < -0.39 is 6.10 Å². The Hall–Kier alpha value is -3.83. The number of ether oxygens (including phenoxy) is 3. The van der Waals surface area contributed by atoms with E-state index in [1.807, 2.05) is 43.7 Å². The van der Waals surface area contributed by atoms with Gasteiger partial charge >= 0.3 is 0 Å². The summed E-state index contributed by atoms with van der Waals surface area (Å²) >= 11 is 0. The molecule has 1 atom stereocenters. The van der Waals surface area contributed by atoms with Gasteiger partial charge < -0.3 is 35.1 Å². The Morgan fingerprint density at radius 1 is 1.19 bits per heavy atom. The van der Waals surface area contributed by atoms with Gasteiger partial charge in [0, 0.05) is 35.8 Å². The average Bonchev–Trinajstić information content (AvgIpc) is 3.46. The van der Waals surface area contributed by atoms with Crippen molar-refractivity contribution in [2.45, 2.75) is 45.4 Å². The molecule has 1 aromatic heterocycles. The molecule has 0 spiro atoms. The van der Waals surface area contributed by atoms with Crippen molar-refractivity contribution in [1.29, 1.82) is 0 Å². The van der Waals surface area contributed by atoms with Gasteiger partial charge in [-0.3, -0.25) is 4.79 Å². The smallest absolute Gasteiger partial charge is 0.262 e. The number of hydrogen-bond acceptors (Lipinski definition) is 9. The zero-order chi connectivity index (χ0) is 25.4. The summed E-state index contributed by atoms with van der Waals surface area (Å²) in [6.45, 7) is 6.92. The van der Waals surface area contributed by atoms with E-state index in [1.54, 1.807) is 0 Å². The number of carbonyl (C=O) groups is 1. The highest BCUT2D eigenvalue weighted by Crippen LogP contribution is 2.39. The lowest BCUT2D eigenvalue weighted by atomic mass is 9.99. The van der Waals surface area contributed by atoms with Crippen LogP contribution in [0.2, 0.25) is 0 Å². The van der Waals surface area contributed by atoms with Crippen molar-refractivity contribution in [3.8, 4) is 34.4 Å². The van der Waals surface area contributed by atoms with Crippen molar-refractivity contribution in [2.75, 3.05) is 25.3 Å². The Morgan fingerprint density at radius 2 is 2.00 bits per heavy atom. The molecule has 3 aromatic rings. The number of nitrogens with one attached hydrogen (secondary N) is 2. The Kier molecular flexibility index (Phi) is 6.19. The maximum absolute atomic E-state index is 11.6. The maximum Gasteiger partial charge on any atom is 0.262 e. The number of phenols is 1. The SMILES string of the molecule is Cc1nc(-c2ccc3c(c2)OCO3)nn1CCC(C)(C)NCC(O)c1cc(O)cc2c1OCC(=O)N2. The average molecular weight is 496 g/mol. The highest BCUT2D eigenvalue weighted by molar-refractivity contribution is 5.96. The van der Waals surface area contributed by atoms with Crippen LogP contribution in [0.5, 0.6) is 23.0 Å². The molecule has 0 radical (unpaired) electrons. The topological polar surface area (TPSA) is 140 Å². The van der Waals surface area contributed by atoms with Gasteiger partial charge in [0.05, 0.1) is 11.8 Å². The van der Waals surface area contributed by atoms with Crippen LogP contribution in [0.3, 0.4) is 0 Å². The van der Waals surface area contributed by atoms with Crippen LogP contribution in [0.15, 0.2) is 30.3 Å². The minimum absolute atomic E-state index is 0.0622. The molecule has 0 fully saturated rings. The first-order chi connectivity index (χ1) is 17.2. The fraction of sp³-hybridized carbons (Fsp3) is 0.400. The first kappa shape index (κ1) is 23.9. The number of fused-ring (bicyclic) bond motifs is 2. The summed E-state index contributed by atoms with van der Waals surface area (Å²) in [5, 5.41) is 31.6. The van der Waals surface area contributed by atoms with Crippen molar-refractivity contribution in [2.24, 2.45) is 0 Å². The lowest BCUT2D eigenvalue weighted by Crippen LogP contribution is -2.42. The van der Waals surface area contributed by atoms with E-state index in [-0.39, 0.29) is 37.1 Å². The van der Waals surface area contributed by atoms with Gasteiger partial charge in [-0.25, -0.2) is 9.67 Å². The minimum atomic E-state index is -0.953. The fourth-order valence-electron chi connectivity index (χ4n) is 4.21. The van der Waals surface area contributed by atoms with Gasteiger partial charge in [-0.2, -0.15) is 5.10 Å². The van der Waals surface area contributed by atoms with Gasteiger partial charge in [0.1, 0.15) is 17.3 Å². The number of rotatable bonds is 8. The Morgan fingerprint density at radius 3 is 2.83 bits per heavy atom. The van der Waals surface area contributed by atoms with E-state index >= 15 is 0 Å². The molecule has 0 bridgehead atoms. The number of phenolic OH excluding ortho intramolecular Hbond substituents is 1. The second-order valence-electron chi connectivity index (χ2n) is 9.55. The quantitative estimate of drug-likeness (QED) is 0.371. The van der Waals surface area contributed by atoms with E-state index in [0.29, 0.717) is 40.9 Å². The van der Waals surface area contributed by atoms with Crippen LogP contribution in [-0.4, -0.2) is 56.4 Å². The normalized spacial score (nSPS) is 15.3. The van der Waals surface area contributed by atoms with Gasteiger partial charge in [-0.05, 0) is 51.5 Å². The number of anilines is 1. The van der Waals surface area contributed by atoms with Gasteiger partial charge in [0.25, 0.3) is 5.91 Å². The molecule has 11 nitrogen and oxygen atoms in total. The van der Waals surface area contributed by atoms with Crippen molar-refractivity contribution in [3.05, 3.63) is 41.7 Å². The monoisotopic (exact) mass is 495 g/mol. The molecular weight excluding hydrogens is 466 g/mol. The third kappa shape index (κ3) is 4.93. The van der Waals surface area contributed by atoms with E-state index in [9.17, 15) is 15.0 Å². The Bertz CT molecular complexity index is 1300. The lowest BCUT2D eigenvalue weighted by Gasteiger charge is -2.29. The van der Waals surface area contributed by atoms with Crippen LogP contribution >= 0.6 is 0 Å². The molecule has 1 unspecified atom stereocenters. The third-order valence-electron chi connectivity index (χ3n) is 6.29. The number of nitrogens with zero attached hydrogens (tertiary/aromatic N) is 3. The number of aromatic hydroxyl groups is 1. The zero-order valence-corrected chi connectivity index (χ0v) is 20.4. The Labute approximate surface area is 208 Å². The number of β-amino-alcohol motifs (C(OH)–C–C–N with tert-alkyl or cyclic N) is 1. The number of hydrogen-bond donors (Lipinski definition) is 4. The highest BCUT2D eigenvalue weighted by atomic mass is 16.7. The molecule has 190 valence electrons. The largest absolute Gasteiger partial charge is 0.508 e. The maximum atomic E-state index is 11.6. The van der Waals surface area contributed by atoms with Gasteiger partial charge in [0.2, 0.25) is 6.79 Å². The lowest BCUT2D eigenvalue weighted by molar-refractivity contribution is -0.118. The number of benzene rings is 2. The molecule has 4 N–H and O–H groups in total. The van der Waals surface area contributed by atoms with Crippen molar-refractivity contribution in [3.63, 3.8) is 0 Å². The summed E-state index contributed by atoms with van der Waals surface area (Å²) < 4.78 is 18.2. The third-order valence-corrected chi connectivity index (χ3v) is 6.29. The van der Waals surface area contributed by atoms with Gasteiger partial charge in [-0.15, -0.1) is 0 Å². The highest BCUT2D eigenvalue weighted by Gasteiger charge is 2.26. The predicted molar refractivity (Wildman–Crippen MR) is 130 cm³/mol. The number of aromatic nitrogens is 3. The molecule has 2 aliphatic heterocycles. The van der Waals surface area contributed by atoms with Crippen LogP contribution in [0.1, 0.15) is 37.8 Å². The summed E-state index contributed by atoms with van der Waals surface area (Å²) in [7, 11) is 0. The van der Waals surface area contributed by atoms with Crippen LogP contribution in [-0.2, 0) is 11.3 Å². The molecule has 0 saturated heterocycles. The van der Waals surface area contributed by atoms with Gasteiger partial charge in [-0.1, -0.05) is 0 Å². The standard InChI is InChI=1S/C25H29N5O6/c1-14-27-24(15-4-5-20-21(8-15)36-13-35-20)29-30(14)7-6-25(2,3)26-11-19(32)17-9-16(31)10-18-23(17)34-12-22(33)28-18/h4-5,8-10,19,26,31-32H,6-7,11-13H2,1-3H3,(H,28,33). The minimum Gasteiger partial charge on any atom is -0.508 e. The molecule has 36 heavy (non-hydrogen) atoms. The fourth-order valence-corrected chi connectivity index (χ4v) is 4.21. The molecule has 0 saturated carbocycles. The zero-order valence-electron chi connectivity index (χ0n) is 20.4.